The van der Waals surface area contributed by atoms with E-state index in [1.165, 1.54) is 11.8 Å². The molecule has 0 aliphatic heterocycles. The number of rotatable bonds is 13. The number of nitrogens with one attached hydrogen (secondary N) is 2. The first-order chi connectivity index (χ1) is 16.2. The van der Waals surface area contributed by atoms with Crippen molar-refractivity contribution in [1.29, 1.82) is 0 Å². The van der Waals surface area contributed by atoms with Gasteiger partial charge in [0.25, 0.3) is 0 Å². The number of carbonyl (C=O) groups excluding carboxylic acids is 2. The van der Waals surface area contributed by atoms with E-state index in [4.69, 9.17) is 22.4 Å². The Morgan fingerprint density at radius 3 is 2.18 bits per heavy atom. The van der Waals surface area contributed by atoms with Gasteiger partial charge in [-0.1, -0.05) is 54.1 Å². The Morgan fingerprint density at radius 1 is 0.941 bits per heavy atom. The van der Waals surface area contributed by atoms with Crippen molar-refractivity contribution in [3.05, 3.63) is 70.7 Å². The molecule has 0 radical (unpaired) electrons. The van der Waals surface area contributed by atoms with Gasteiger partial charge in [0.15, 0.2) is 6.04 Å². The lowest BCUT2D eigenvalue weighted by Gasteiger charge is -2.22. The third-order valence-electron chi connectivity index (χ3n) is 4.78. The van der Waals surface area contributed by atoms with Crippen LogP contribution in [0, 0.1) is 0 Å². The smallest absolute Gasteiger partial charge is 0.330 e. The average molecular weight is 508 g/mol. The number of nitrogens with two attached hydrogens (primary N) is 1. The molecule has 3 atom stereocenters. The summed E-state index contributed by atoms with van der Waals surface area (Å²) in [5.41, 5.74) is 6.78. The second-order valence-corrected chi connectivity index (χ2v) is 8.90. The number of hydrogen-bond acceptors (Lipinski definition) is 6. The molecule has 2 aromatic carbocycles. The highest BCUT2D eigenvalue weighted by Gasteiger charge is 2.28. The van der Waals surface area contributed by atoms with Gasteiger partial charge in [-0.25, -0.2) is 4.79 Å². The summed E-state index contributed by atoms with van der Waals surface area (Å²) in [5.74, 6) is -3.02. The highest BCUT2D eigenvalue weighted by molar-refractivity contribution is 7.98. The molecule has 34 heavy (non-hydrogen) atoms. The maximum Gasteiger partial charge on any atom is 0.330 e. The molecular weight excluding hydrogens is 482 g/mol. The van der Waals surface area contributed by atoms with Crippen LogP contribution >= 0.6 is 23.4 Å². The van der Waals surface area contributed by atoms with Gasteiger partial charge in [0.1, 0.15) is 12.1 Å². The molecule has 0 unspecified atom stereocenters. The summed E-state index contributed by atoms with van der Waals surface area (Å²) in [5, 5.41) is 24.1. The summed E-state index contributed by atoms with van der Waals surface area (Å²) in [7, 11) is 0. The van der Waals surface area contributed by atoms with Crippen molar-refractivity contribution in [3.8, 4) is 0 Å². The Labute approximate surface area is 206 Å². The number of halogens is 1. The van der Waals surface area contributed by atoms with Gasteiger partial charge in [-0.2, -0.15) is 11.8 Å². The summed E-state index contributed by atoms with van der Waals surface area (Å²) < 4.78 is 0. The zero-order valence-corrected chi connectivity index (χ0v) is 19.7. The number of carboxylic acid groups (broad SMARTS) is 2. The molecule has 182 valence electrons. The van der Waals surface area contributed by atoms with Crippen LogP contribution in [0.25, 0.3) is 0 Å². The summed E-state index contributed by atoms with van der Waals surface area (Å²) in [6, 6.07) is 11.8. The minimum atomic E-state index is -1.30. The molecule has 9 nitrogen and oxygen atoms in total. The number of aliphatic carboxylic acids is 2. The van der Waals surface area contributed by atoms with Crippen LogP contribution in [0.5, 0.6) is 0 Å². The second-order valence-electron chi connectivity index (χ2n) is 7.44. The van der Waals surface area contributed by atoms with Gasteiger partial charge >= 0.3 is 11.9 Å². The predicted molar refractivity (Wildman–Crippen MR) is 129 cm³/mol. The summed E-state index contributed by atoms with van der Waals surface area (Å²) in [6.45, 7) is 0. The van der Waals surface area contributed by atoms with Crippen LogP contribution in [0.1, 0.15) is 30.0 Å². The average Bonchev–Trinajstić information content (AvgIpc) is 2.81. The Balaban J connectivity index is 2.07. The third-order valence-corrected chi connectivity index (χ3v) is 6.14. The van der Waals surface area contributed by atoms with Crippen LogP contribution in [0.2, 0.25) is 5.02 Å². The monoisotopic (exact) mass is 507 g/mol. The fourth-order valence-electron chi connectivity index (χ4n) is 2.91. The summed E-state index contributed by atoms with van der Waals surface area (Å²) in [6.07, 6.45) is -0.296. The van der Waals surface area contributed by atoms with E-state index in [-0.39, 0.29) is 18.6 Å². The lowest BCUT2D eigenvalue weighted by atomic mass is 10.1. The second kappa shape index (κ2) is 13.6. The third kappa shape index (κ3) is 9.05. The van der Waals surface area contributed by atoms with E-state index < -0.39 is 41.9 Å². The number of thioether (sulfide) groups is 1. The van der Waals surface area contributed by atoms with Gasteiger partial charge in [0.05, 0.1) is 0 Å². The van der Waals surface area contributed by atoms with E-state index in [2.05, 4.69) is 10.6 Å². The topological polar surface area (TPSA) is 159 Å². The van der Waals surface area contributed by atoms with Gasteiger partial charge in [-0.15, -0.1) is 0 Å². The number of amides is 2. The highest BCUT2D eigenvalue weighted by Crippen LogP contribution is 2.18. The van der Waals surface area contributed by atoms with E-state index in [0.717, 1.165) is 5.56 Å². The lowest BCUT2D eigenvalue weighted by molar-refractivity contribution is -0.142. The molecule has 2 rings (SSSR count). The van der Waals surface area contributed by atoms with E-state index >= 15 is 0 Å². The Hall–Kier alpha value is -3.08. The summed E-state index contributed by atoms with van der Waals surface area (Å²) in [4.78, 5) is 48.0. The lowest BCUT2D eigenvalue weighted by Crippen LogP contribution is -2.50. The minimum absolute atomic E-state index is 0.102. The first kappa shape index (κ1) is 27.2. The van der Waals surface area contributed by atoms with Crippen LogP contribution in [0.4, 0.5) is 0 Å². The highest BCUT2D eigenvalue weighted by atomic mass is 35.5. The van der Waals surface area contributed by atoms with Crippen molar-refractivity contribution in [1.82, 2.24) is 10.6 Å². The Morgan fingerprint density at radius 2 is 1.59 bits per heavy atom. The summed E-state index contributed by atoms with van der Waals surface area (Å²) >= 11 is 7.26. The van der Waals surface area contributed by atoms with E-state index in [1.54, 1.807) is 42.5 Å². The maximum absolute atomic E-state index is 13.0. The van der Waals surface area contributed by atoms with Gasteiger partial charge in [-0.3, -0.25) is 14.4 Å². The first-order valence-electron chi connectivity index (χ1n) is 10.4. The van der Waals surface area contributed by atoms with Crippen LogP contribution < -0.4 is 16.4 Å². The molecule has 0 bridgehead atoms. The standard InChI is InChI=1S/C23H26ClN3O6S/c24-16-8-6-14(7-9-16)12-34-13-18(26-19(28)11-10-17(25)22(30)31)21(29)27-20(23(32)33)15-4-2-1-3-5-15/h1-9,17-18,20H,10-13,25H2,(H,26,28)(H,27,29)(H,30,31)(H,32,33)/t17-,18-,20+/m0/s1. The first-order valence-corrected chi connectivity index (χ1v) is 11.9. The maximum atomic E-state index is 13.0. The molecule has 11 heteroatoms. The zero-order chi connectivity index (χ0) is 25.1. The normalized spacial score (nSPS) is 13.4. The van der Waals surface area contributed by atoms with Crippen molar-refractivity contribution in [3.63, 3.8) is 0 Å². The molecule has 0 aliphatic rings. The minimum Gasteiger partial charge on any atom is -0.480 e. The van der Waals surface area contributed by atoms with Crippen molar-refractivity contribution in [2.45, 2.75) is 36.7 Å². The van der Waals surface area contributed by atoms with Crippen LogP contribution in [-0.4, -0.2) is 51.8 Å². The molecule has 0 aromatic heterocycles. The van der Waals surface area contributed by atoms with Crippen molar-refractivity contribution < 1.29 is 29.4 Å². The van der Waals surface area contributed by atoms with Gasteiger partial charge < -0.3 is 26.6 Å². The fourth-order valence-corrected chi connectivity index (χ4v) is 4.05. The van der Waals surface area contributed by atoms with E-state index in [9.17, 15) is 24.3 Å². The van der Waals surface area contributed by atoms with E-state index in [1.807, 2.05) is 12.1 Å². The molecule has 0 spiro atoms. The number of carbonyl (C=O) groups is 4. The van der Waals surface area contributed by atoms with E-state index in [0.29, 0.717) is 16.3 Å². The molecule has 0 aliphatic carbocycles. The largest absolute Gasteiger partial charge is 0.480 e. The number of carboxylic acids is 2. The molecule has 0 saturated carbocycles. The molecular formula is C23H26ClN3O6S. The van der Waals surface area contributed by atoms with Crippen LogP contribution in [0.3, 0.4) is 0 Å². The zero-order valence-electron chi connectivity index (χ0n) is 18.1. The fraction of sp³-hybridized carbons (Fsp3) is 0.304. The Kier molecular flexibility index (Phi) is 10.9. The van der Waals surface area contributed by atoms with Crippen molar-refractivity contribution >= 4 is 47.1 Å². The van der Waals surface area contributed by atoms with Crippen LogP contribution in [-0.2, 0) is 24.9 Å². The molecule has 0 saturated heterocycles. The van der Waals surface area contributed by atoms with Crippen LogP contribution in [0.15, 0.2) is 54.6 Å². The molecule has 0 heterocycles. The van der Waals surface area contributed by atoms with Gasteiger partial charge in [-0.05, 0) is 29.7 Å². The number of hydrogen-bond donors (Lipinski definition) is 5. The van der Waals surface area contributed by atoms with Gasteiger partial charge in [0, 0.05) is 22.9 Å². The molecule has 0 fully saturated rings. The Bertz CT molecular complexity index is 990. The SMILES string of the molecule is N[C@@H](CCC(=O)N[C@@H](CSCc1ccc(Cl)cc1)C(=O)N[C@@H](C(=O)O)c1ccccc1)C(=O)O. The number of benzene rings is 2. The van der Waals surface area contributed by atoms with Gasteiger partial charge in [0.2, 0.25) is 11.8 Å². The molecule has 6 N–H and O–H groups in total. The molecule has 2 amide bonds. The van der Waals surface area contributed by atoms with Crippen molar-refractivity contribution in [2.75, 3.05) is 5.75 Å². The molecule has 2 aromatic rings. The quantitative estimate of drug-likeness (QED) is 0.276. The van der Waals surface area contributed by atoms with Crippen molar-refractivity contribution in [2.24, 2.45) is 5.73 Å². The predicted octanol–water partition coefficient (Wildman–Crippen LogP) is 2.19.